The number of ether oxygens (including phenoxy) is 1. The molecule has 0 aliphatic carbocycles. The van der Waals surface area contributed by atoms with Gasteiger partial charge in [0.05, 0.1) is 28.8 Å². The molecule has 1 aliphatic heterocycles. The lowest BCUT2D eigenvalue weighted by Gasteiger charge is -2.34. The van der Waals surface area contributed by atoms with Crippen LogP contribution in [-0.4, -0.2) is 39.2 Å². The number of hydrogen-bond acceptors (Lipinski definition) is 5. The number of nitrogens with one attached hydrogen (secondary N) is 1. The normalized spacial score (nSPS) is 18.2. The Morgan fingerprint density at radius 2 is 1.94 bits per heavy atom. The molecule has 0 radical (unpaired) electrons. The largest absolute Gasteiger partial charge is 0.444 e. The Labute approximate surface area is 206 Å². The molecular formula is C25H27ClF2N4O3. The zero-order valence-corrected chi connectivity index (χ0v) is 21.0. The maximum Gasteiger partial charge on any atom is 0.410 e. The highest BCUT2D eigenvalue weighted by molar-refractivity contribution is 6.32. The Morgan fingerprint density at radius 1 is 1.23 bits per heavy atom. The molecule has 1 aromatic heterocycles. The predicted octanol–water partition coefficient (Wildman–Crippen LogP) is 5.12. The highest BCUT2D eigenvalue weighted by Crippen LogP contribution is 2.42. The molecule has 1 atom stereocenters. The van der Waals surface area contributed by atoms with Crippen molar-refractivity contribution in [2.45, 2.75) is 45.3 Å². The van der Waals surface area contributed by atoms with E-state index in [9.17, 15) is 14.0 Å². The van der Waals surface area contributed by atoms with Crippen LogP contribution in [0, 0.1) is 18.6 Å². The summed E-state index contributed by atoms with van der Waals surface area (Å²) >= 11 is 6.59. The molecular weight excluding hydrogens is 478 g/mol. The van der Waals surface area contributed by atoms with Crippen LogP contribution in [0.15, 0.2) is 35.4 Å². The van der Waals surface area contributed by atoms with Crippen molar-refractivity contribution in [1.29, 1.82) is 0 Å². The Hall–Kier alpha value is -3.20. The van der Waals surface area contributed by atoms with Crippen molar-refractivity contribution in [2.24, 2.45) is 7.05 Å². The van der Waals surface area contributed by atoms with Gasteiger partial charge in [0, 0.05) is 24.8 Å². The highest BCUT2D eigenvalue weighted by atomic mass is 35.5. The Balaban J connectivity index is 1.83. The van der Waals surface area contributed by atoms with Crippen molar-refractivity contribution in [2.75, 3.05) is 18.4 Å². The maximum atomic E-state index is 15.3. The van der Waals surface area contributed by atoms with Gasteiger partial charge in [0.15, 0.2) is 5.82 Å². The summed E-state index contributed by atoms with van der Waals surface area (Å²) in [4.78, 5) is 30.9. The van der Waals surface area contributed by atoms with Gasteiger partial charge in [-0.15, -0.1) is 0 Å². The molecule has 0 spiro atoms. The van der Waals surface area contributed by atoms with Crippen molar-refractivity contribution < 1.29 is 18.3 Å². The first kappa shape index (κ1) is 24.9. The van der Waals surface area contributed by atoms with Gasteiger partial charge in [0.2, 0.25) is 0 Å². The molecule has 35 heavy (non-hydrogen) atoms. The zero-order chi connectivity index (χ0) is 25.7. The van der Waals surface area contributed by atoms with E-state index >= 15 is 4.39 Å². The lowest BCUT2D eigenvalue weighted by Crippen LogP contribution is -2.42. The van der Waals surface area contributed by atoms with Crippen LogP contribution in [0.1, 0.15) is 38.3 Å². The van der Waals surface area contributed by atoms with Gasteiger partial charge in [-0.2, -0.15) is 0 Å². The van der Waals surface area contributed by atoms with Gasteiger partial charge >= 0.3 is 6.09 Å². The number of hydrogen-bond donors (Lipinski definition) is 1. The summed E-state index contributed by atoms with van der Waals surface area (Å²) < 4.78 is 37.0. The van der Waals surface area contributed by atoms with E-state index in [0.717, 1.165) is 0 Å². The maximum absolute atomic E-state index is 15.3. The van der Waals surface area contributed by atoms with Crippen LogP contribution in [0.5, 0.6) is 0 Å². The van der Waals surface area contributed by atoms with Gasteiger partial charge in [-0.25, -0.2) is 18.6 Å². The molecule has 1 N–H and O–H groups in total. The van der Waals surface area contributed by atoms with Gasteiger partial charge < -0.3 is 19.5 Å². The quantitative estimate of drug-likeness (QED) is 0.535. The minimum atomic E-state index is -1.20. The number of anilines is 1. The number of carbonyl (C=O) groups excluding carboxylic acids is 1. The van der Waals surface area contributed by atoms with Crippen molar-refractivity contribution in [3.05, 3.63) is 68.7 Å². The number of amides is 1. The number of nitrogens with zero attached hydrogens (tertiary/aromatic N) is 3. The van der Waals surface area contributed by atoms with Crippen LogP contribution < -0.4 is 10.9 Å². The number of aryl methyl sites for hydroxylation is 2. The van der Waals surface area contributed by atoms with Crippen molar-refractivity contribution in [3.8, 4) is 0 Å². The average molecular weight is 505 g/mol. The fourth-order valence-corrected chi connectivity index (χ4v) is 4.72. The predicted molar refractivity (Wildman–Crippen MR) is 131 cm³/mol. The van der Waals surface area contributed by atoms with E-state index in [1.54, 1.807) is 33.8 Å². The third-order valence-corrected chi connectivity index (χ3v) is 6.53. The van der Waals surface area contributed by atoms with E-state index in [2.05, 4.69) is 10.3 Å². The number of benzene rings is 2. The Kier molecular flexibility index (Phi) is 6.25. The van der Waals surface area contributed by atoms with Crippen LogP contribution in [0.2, 0.25) is 5.02 Å². The number of rotatable bonds is 3. The van der Waals surface area contributed by atoms with Crippen LogP contribution in [-0.2, 0) is 17.3 Å². The number of likely N-dealkylation sites (tertiary alicyclic amines) is 1. The SMILES string of the molecule is Cc1ccc(F)c(C2(Nc3cc(F)c4ncn(C)c(=O)c4c3)CCN(C(=O)OC(C)(C)C)C2)c1Cl. The lowest BCUT2D eigenvalue weighted by molar-refractivity contribution is 0.0286. The van der Waals surface area contributed by atoms with E-state index in [-0.39, 0.29) is 46.7 Å². The molecule has 0 saturated carbocycles. The minimum absolute atomic E-state index is 0.0205. The van der Waals surface area contributed by atoms with Crippen molar-refractivity contribution in [3.63, 3.8) is 0 Å². The molecule has 1 saturated heterocycles. The monoisotopic (exact) mass is 504 g/mol. The molecule has 1 unspecified atom stereocenters. The van der Waals surface area contributed by atoms with Gasteiger partial charge in [-0.05, 0) is 57.9 Å². The summed E-state index contributed by atoms with van der Waals surface area (Å²) in [5, 5.41) is 3.50. The summed E-state index contributed by atoms with van der Waals surface area (Å²) in [6.45, 7) is 7.31. The first-order valence-electron chi connectivity index (χ1n) is 11.2. The first-order chi connectivity index (χ1) is 16.3. The van der Waals surface area contributed by atoms with Gasteiger partial charge in [-0.1, -0.05) is 17.7 Å². The molecule has 2 heterocycles. The summed E-state index contributed by atoms with van der Waals surface area (Å²) in [6.07, 6.45) is 0.977. The lowest BCUT2D eigenvalue weighted by atomic mass is 9.86. The number of fused-ring (bicyclic) bond motifs is 1. The van der Waals surface area contributed by atoms with E-state index in [1.165, 1.54) is 41.0 Å². The van der Waals surface area contributed by atoms with E-state index < -0.39 is 34.4 Å². The second-order valence-electron chi connectivity index (χ2n) is 9.93. The molecule has 186 valence electrons. The molecule has 1 aliphatic rings. The van der Waals surface area contributed by atoms with Gasteiger partial charge in [0.25, 0.3) is 5.56 Å². The summed E-state index contributed by atoms with van der Waals surface area (Å²) in [5.74, 6) is -1.26. The third kappa shape index (κ3) is 4.69. The molecule has 4 rings (SSSR count). The number of halogens is 3. The molecule has 1 fully saturated rings. The number of aromatic nitrogens is 2. The summed E-state index contributed by atoms with van der Waals surface area (Å²) in [6, 6.07) is 5.57. The fourth-order valence-electron chi connectivity index (χ4n) is 4.38. The van der Waals surface area contributed by atoms with Crippen molar-refractivity contribution in [1.82, 2.24) is 14.5 Å². The first-order valence-corrected chi connectivity index (χ1v) is 11.6. The average Bonchev–Trinajstić information content (AvgIpc) is 3.17. The molecule has 2 aromatic carbocycles. The van der Waals surface area contributed by atoms with E-state index in [1.807, 2.05) is 0 Å². The van der Waals surface area contributed by atoms with Crippen LogP contribution in [0.3, 0.4) is 0 Å². The zero-order valence-electron chi connectivity index (χ0n) is 20.2. The third-order valence-electron chi connectivity index (χ3n) is 6.04. The Morgan fingerprint density at radius 3 is 2.63 bits per heavy atom. The second-order valence-corrected chi connectivity index (χ2v) is 10.3. The Bertz CT molecular complexity index is 1390. The fraction of sp³-hybridized carbons (Fsp3) is 0.400. The van der Waals surface area contributed by atoms with E-state index in [4.69, 9.17) is 16.3 Å². The number of carbonyl (C=O) groups is 1. The van der Waals surface area contributed by atoms with Crippen molar-refractivity contribution >= 4 is 34.3 Å². The minimum Gasteiger partial charge on any atom is -0.444 e. The molecule has 1 amide bonds. The molecule has 10 heteroatoms. The van der Waals surface area contributed by atoms with Gasteiger partial charge in [0.1, 0.15) is 16.9 Å². The molecule has 7 nitrogen and oxygen atoms in total. The standard InChI is InChI=1S/C25H27ClF2N4O3/c1-14-6-7-17(27)19(20(14)26)25(8-9-32(12-25)23(34)35-24(2,3)4)30-15-10-16-21(18(28)11-15)29-13-31(5)22(16)33/h6-7,10-11,13,30H,8-9,12H2,1-5H3. The van der Waals surface area contributed by atoms with Gasteiger partial charge in [-0.3, -0.25) is 4.79 Å². The highest BCUT2D eigenvalue weighted by Gasteiger charge is 2.46. The van der Waals surface area contributed by atoms with Crippen LogP contribution in [0.25, 0.3) is 10.9 Å². The summed E-state index contributed by atoms with van der Waals surface area (Å²) in [5.41, 5.74) is -1.33. The van der Waals surface area contributed by atoms with Crippen LogP contribution >= 0.6 is 11.6 Å². The second kappa shape index (κ2) is 8.78. The topological polar surface area (TPSA) is 76.5 Å². The summed E-state index contributed by atoms with van der Waals surface area (Å²) in [7, 11) is 1.52. The van der Waals surface area contributed by atoms with E-state index in [0.29, 0.717) is 5.56 Å². The molecule has 0 bridgehead atoms. The van der Waals surface area contributed by atoms with Crippen LogP contribution in [0.4, 0.5) is 19.3 Å². The molecule has 3 aromatic rings. The smallest absolute Gasteiger partial charge is 0.410 e.